The number of nitrogens with one attached hydrogen (secondary N) is 2. The van der Waals surface area contributed by atoms with Crippen LogP contribution in [0, 0.1) is 0 Å². The zero-order valence-corrected chi connectivity index (χ0v) is 18.0. The molecule has 1 amide bonds. The van der Waals surface area contributed by atoms with E-state index in [4.69, 9.17) is 27.9 Å². The standard InChI is InChI=1S/C21H18Cl2N2O4S/c22-16-10-17(23)12-18(11-16)25-21(26)14-29-19-6-8-20(9-7-19)30(27,28)24-13-15-4-2-1-3-5-15/h1-12,24H,13-14H2,(H,25,26). The summed E-state index contributed by atoms with van der Waals surface area (Å²) in [6, 6.07) is 19.7. The van der Waals surface area contributed by atoms with Crippen LogP contribution >= 0.6 is 23.2 Å². The number of carbonyl (C=O) groups is 1. The number of halogens is 2. The summed E-state index contributed by atoms with van der Waals surface area (Å²) in [4.78, 5) is 12.1. The van der Waals surface area contributed by atoms with Crippen LogP contribution in [0.2, 0.25) is 10.0 Å². The second kappa shape index (κ2) is 9.95. The molecule has 0 heterocycles. The average molecular weight is 465 g/mol. The van der Waals surface area contributed by atoms with E-state index in [1.54, 1.807) is 18.2 Å². The molecule has 6 nitrogen and oxygen atoms in total. The Balaban J connectivity index is 1.54. The van der Waals surface area contributed by atoms with Gasteiger partial charge in [-0.25, -0.2) is 13.1 Å². The highest BCUT2D eigenvalue weighted by Crippen LogP contribution is 2.22. The third kappa shape index (κ3) is 6.47. The molecule has 0 saturated heterocycles. The third-order valence-electron chi connectivity index (χ3n) is 3.96. The van der Waals surface area contributed by atoms with Crippen molar-refractivity contribution < 1.29 is 17.9 Å². The molecule has 0 spiro atoms. The van der Waals surface area contributed by atoms with Crippen molar-refractivity contribution in [2.45, 2.75) is 11.4 Å². The summed E-state index contributed by atoms with van der Waals surface area (Å²) >= 11 is 11.8. The Bertz CT molecular complexity index is 1100. The van der Waals surface area contributed by atoms with E-state index in [-0.39, 0.29) is 18.0 Å². The first kappa shape index (κ1) is 22.1. The maximum Gasteiger partial charge on any atom is 0.262 e. The summed E-state index contributed by atoms with van der Waals surface area (Å²) in [5, 5.41) is 3.42. The molecule has 0 radical (unpaired) electrons. The summed E-state index contributed by atoms with van der Waals surface area (Å²) in [5.41, 5.74) is 1.31. The fourth-order valence-corrected chi connectivity index (χ4v) is 4.09. The number of hydrogen-bond donors (Lipinski definition) is 2. The fourth-order valence-electron chi connectivity index (χ4n) is 2.54. The second-order valence-corrected chi connectivity index (χ2v) is 8.92. The summed E-state index contributed by atoms with van der Waals surface area (Å²) in [7, 11) is -3.67. The van der Waals surface area contributed by atoms with Crippen molar-refractivity contribution in [3.8, 4) is 5.75 Å². The summed E-state index contributed by atoms with van der Waals surface area (Å²) < 4.78 is 32.8. The van der Waals surface area contributed by atoms with Crippen molar-refractivity contribution >= 4 is 44.8 Å². The lowest BCUT2D eigenvalue weighted by atomic mass is 10.2. The summed E-state index contributed by atoms with van der Waals surface area (Å²) in [6.45, 7) is -0.0718. The number of ether oxygens (including phenoxy) is 1. The highest BCUT2D eigenvalue weighted by Gasteiger charge is 2.14. The molecule has 3 rings (SSSR count). The van der Waals surface area contributed by atoms with Crippen molar-refractivity contribution in [1.29, 1.82) is 0 Å². The smallest absolute Gasteiger partial charge is 0.262 e. The van der Waals surface area contributed by atoms with Gasteiger partial charge in [-0.15, -0.1) is 0 Å². The minimum atomic E-state index is -3.67. The number of carbonyl (C=O) groups excluding carboxylic acids is 1. The van der Waals surface area contributed by atoms with Crippen molar-refractivity contribution in [1.82, 2.24) is 4.72 Å². The van der Waals surface area contributed by atoms with Gasteiger partial charge in [-0.3, -0.25) is 4.79 Å². The Hall–Kier alpha value is -2.58. The Labute approximate surface area is 184 Å². The van der Waals surface area contributed by atoms with E-state index in [1.165, 1.54) is 24.3 Å². The first-order chi connectivity index (χ1) is 14.3. The summed E-state index contributed by atoms with van der Waals surface area (Å²) in [5.74, 6) is -0.0501. The SMILES string of the molecule is O=C(COc1ccc(S(=O)(=O)NCc2ccccc2)cc1)Nc1cc(Cl)cc(Cl)c1. The lowest BCUT2D eigenvalue weighted by Gasteiger charge is -2.10. The zero-order chi connectivity index (χ0) is 21.6. The number of anilines is 1. The molecule has 3 aromatic carbocycles. The third-order valence-corrected chi connectivity index (χ3v) is 5.81. The van der Waals surface area contributed by atoms with Crippen LogP contribution in [-0.4, -0.2) is 20.9 Å². The van der Waals surface area contributed by atoms with Crippen LogP contribution in [-0.2, 0) is 21.4 Å². The molecule has 0 fully saturated rings. The van der Waals surface area contributed by atoms with Gasteiger partial charge in [-0.05, 0) is 48.0 Å². The lowest BCUT2D eigenvalue weighted by molar-refractivity contribution is -0.118. The van der Waals surface area contributed by atoms with Crippen LogP contribution in [0.15, 0.2) is 77.7 Å². The van der Waals surface area contributed by atoms with Gasteiger partial charge in [-0.1, -0.05) is 53.5 Å². The molecule has 0 saturated carbocycles. The van der Waals surface area contributed by atoms with Crippen LogP contribution in [0.1, 0.15) is 5.56 Å². The van der Waals surface area contributed by atoms with Gasteiger partial charge in [0.05, 0.1) is 4.90 Å². The fraction of sp³-hybridized carbons (Fsp3) is 0.0952. The lowest BCUT2D eigenvalue weighted by Crippen LogP contribution is -2.23. The van der Waals surface area contributed by atoms with Crippen LogP contribution in [0.5, 0.6) is 5.75 Å². The monoisotopic (exact) mass is 464 g/mol. The van der Waals surface area contributed by atoms with Crippen LogP contribution in [0.25, 0.3) is 0 Å². The quantitative estimate of drug-likeness (QED) is 0.514. The van der Waals surface area contributed by atoms with Crippen LogP contribution in [0.4, 0.5) is 5.69 Å². The molecular weight excluding hydrogens is 447 g/mol. The first-order valence-electron chi connectivity index (χ1n) is 8.84. The minimum absolute atomic E-state index is 0.101. The Kier molecular flexibility index (Phi) is 7.33. The van der Waals surface area contributed by atoms with E-state index < -0.39 is 15.9 Å². The van der Waals surface area contributed by atoms with Gasteiger partial charge in [0, 0.05) is 22.3 Å². The minimum Gasteiger partial charge on any atom is -0.484 e. The van der Waals surface area contributed by atoms with Gasteiger partial charge in [0.2, 0.25) is 10.0 Å². The normalized spacial score (nSPS) is 11.1. The van der Waals surface area contributed by atoms with Crippen molar-refractivity contribution in [2.75, 3.05) is 11.9 Å². The van der Waals surface area contributed by atoms with E-state index in [1.807, 2.05) is 30.3 Å². The van der Waals surface area contributed by atoms with E-state index >= 15 is 0 Å². The molecule has 0 atom stereocenters. The van der Waals surface area contributed by atoms with E-state index in [9.17, 15) is 13.2 Å². The van der Waals surface area contributed by atoms with Gasteiger partial charge < -0.3 is 10.1 Å². The van der Waals surface area contributed by atoms with E-state index in [0.717, 1.165) is 5.56 Å². The maximum atomic E-state index is 12.4. The van der Waals surface area contributed by atoms with Crippen molar-refractivity contribution in [3.63, 3.8) is 0 Å². The number of rotatable bonds is 8. The van der Waals surface area contributed by atoms with Crippen molar-refractivity contribution in [2.24, 2.45) is 0 Å². The number of hydrogen-bond acceptors (Lipinski definition) is 4. The molecule has 0 aromatic heterocycles. The van der Waals surface area contributed by atoms with E-state index in [0.29, 0.717) is 21.5 Å². The Morgan fingerprint density at radius 2 is 1.53 bits per heavy atom. The summed E-state index contributed by atoms with van der Waals surface area (Å²) in [6.07, 6.45) is 0. The molecule has 0 aliphatic carbocycles. The molecule has 9 heteroatoms. The molecular formula is C21H18Cl2N2O4S. The molecule has 30 heavy (non-hydrogen) atoms. The van der Waals surface area contributed by atoms with Crippen LogP contribution < -0.4 is 14.8 Å². The second-order valence-electron chi connectivity index (χ2n) is 6.28. The zero-order valence-electron chi connectivity index (χ0n) is 15.6. The van der Waals surface area contributed by atoms with Gasteiger partial charge in [-0.2, -0.15) is 0 Å². The number of sulfonamides is 1. The molecule has 0 bridgehead atoms. The molecule has 3 aromatic rings. The predicted octanol–water partition coefficient (Wildman–Crippen LogP) is 4.49. The first-order valence-corrected chi connectivity index (χ1v) is 11.1. The highest BCUT2D eigenvalue weighted by molar-refractivity contribution is 7.89. The molecule has 156 valence electrons. The maximum absolute atomic E-state index is 12.4. The molecule has 0 unspecified atom stereocenters. The molecule has 0 aliphatic rings. The highest BCUT2D eigenvalue weighted by atomic mass is 35.5. The van der Waals surface area contributed by atoms with Gasteiger partial charge in [0.1, 0.15) is 5.75 Å². The van der Waals surface area contributed by atoms with Crippen molar-refractivity contribution in [3.05, 3.63) is 88.4 Å². The molecule has 0 aliphatic heterocycles. The van der Waals surface area contributed by atoms with Gasteiger partial charge >= 0.3 is 0 Å². The van der Waals surface area contributed by atoms with Gasteiger partial charge in [0.15, 0.2) is 6.61 Å². The molecule has 2 N–H and O–H groups in total. The number of amides is 1. The van der Waals surface area contributed by atoms with E-state index in [2.05, 4.69) is 10.0 Å². The Morgan fingerprint density at radius 3 is 2.17 bits per heavy atom. The largest absolute Gasteiger partial charge is 0.484 e. The van der Waals surface area contributed by atoms with Gasteiger partial charge in [0.25, 0.3) is 5.91 Å². The average Bonchev–Trinajstić information content (AvgIpc) is 2.71. The Morgan fingerprint density at radius 1 is 0.900 bits per heavy atom. The number of benzene rings is 3. The van der Waals surface area contributed by atoms with Crippen LogP contribution in [0.3, 0.4) is 0 Å². The topological polar surface area (TPSA) is 84.5 Å². The predicted molar refractivity (Wildman–Crippen MR) is 117 cm³/mol.